The number of nitrogens with zero attached hydrogens (tertiary/aromatic N) is 1. The molecule has 0 bridgehead atoms. The van der Waals surface area contributed by atoms with Crippen LogP contribution >= 0.6 is 0 Å². The normalized spacial score (nSPS) is 24.5. The second-order valence-corrected chi connectivity index (χ2v) is 6.32. The van der Waals surface area contributed by atoms with Gasteiger partial charge in [0.15, 0.2) is 0 Å². The lowest BCUT2D eigenvalue weighted by Gasteiger charge is -2.38. The van der Waals surface area contributed by atoms with Crippen LogP contribution in [0.5, 0.6) is 0 Å². The van der Waals surface area contributed by atoms with Crippen LogP contribution in [0.15, 0.2) is 30.3 Å². The first-order valence-electron chi connectivity index (χ1n) is 7.89. The van der Waals surface area contributed by atoms with Gasteiger partial charge in [-0.25, -0.2) is 0 Å². The third-order valence-electron chi connectivity index (χ3n) is 4.35. The predicted molar refractivity (Wildman–Crippen MR) is 80.3 cm³/mol. The van der Waals surface area contributed by atoms with Crippen molar-refractivity contribution in [1.29, 1.82) is 0 Å². The van der Waals surface area contributed by atoms with E-state index in [-0.39, 0.29) is 18.9 Å². The number of hydrogen-bond donors (Lipinski definition) is 1. The van der Waals surface area contributed by atoms with E-state index in [4.69, 9.17) is 0 Å². The maximum absolute atomic E-state index is 13.0. The molecule has 1 saturated carbocycles. The van der Waals surface area contributed by atoms with Crippen molar-refractivity contribution in [1.82, 2.24) is 4.90 Å². The Bertz CT molecular complexity index is 447. The van der Waals surface area contributed by atoms with Gasteiger partial charge in [-0.3, -0.25) is 4.90 Å². The minimum absolute atomic E-state index is 0.116. The van der Waals surface area contributed by atoms with E-state index in [2.05, 4.69) is 0 Å². The Labute approximate surface area is 129 Å². The SMILES string of the molecule is CC(O)CN(Cc1ccccc1)C1CCCC(C(F)(F)F)C1. The average molecular weight is 315 g/mol. The standard InChI is InChI=1S/C17H24F3NO/c1-13(22)11-21(12-14-6-3-2-4-7-14)16-9-5-8-15(10-16)17(18,19)20/h2-4,6-7,13,15-16,22H,5,8-12H2,1H3. The molecule has 3 atom stereocenters. The second kappa shape index (κ2) is 7.47. The van der Waals surface area contributed by atoms with E-state index in [0.717, 1.165) is 12.0 Å². The van der Waals surface area contributed by atoms with Gasteiger partial charge in [0, 0.05) is 19.1 Å². The Morgan fingerprint density at radius 1 is 1.23 bits per heavy atom. The molecule has 1 aromatic carbocycles. The van der Waals surface area contributed by atoms with Crippen molar-refractivity contribution >= 4 is 0 Å². The molecule has 124 valence electrons. The molecule has 1 aliphatic carbocycles. The summed E-state index contributed by atoms with van der Waals surface area (Å²) < 4.78 is 39.0. The highest BCUT2D eigenvalue weighted by Crippen LogP contribution is 2.39. The summed E-state index contributed by atoms with van der Waals surface area (Å²) in [6, 6.07) is 9.60. The van der Waals surface area contributed by atoms with Crippen LogP contribution in [-0.2, 0) is 6.54 Å². The molecule has 0 saturated heterocycles. The number of hydrogen-bond acceptors (Lipinski definition) is 2. The van der Waals surface area contributed by atoms with Crippen LogP contribution in [0.3, 0.4) is 0 Å². The summed E-state index contributed by atoms with van der Waals surface area (Å²) in [5, 5.41) is 9.69. The number of rotatable bonds is 5. The topological polar surface area (TPSA) is 23.5 Å². The summed E-state index contributed by atoms with van der Waals surface area (Å²) in [5.41, 5.74) is 1.07. The molecule has 2 rings (SSSR count). The highest BCUT2D eigenvalue weighted by molar-refractivity contribution is 5.14. The van der Waals surface area contributed by atoms with Gasteiger partial charge in [0.2, 0.25) is 0 Å². The summed E-state index contributed by atoms with van der Waals surface area (Å²) >= 11 is 0. The fraction of sp³-hybridized carbons (Fsp3) is 0.647. The Morgan fingerprint density at radius 2 is 1.91 bits per heavy atom. The number of halogens is 3. The first-order chi connectivity index (χ1) is 10.4. The van der Waals surface area contributed by atoms with Crippen LogP contribution in [0.25, 0.3) is 0 Å². The summed E-state index contributed by atoms with van der Waals surface area (Å²) in [5.74, 6) is -1.21. The lowest BCUT2D eigenvalue weighted by atomic mass is 9.84. The smallest absolute Gasteiger partial charge is 0.391 e. The van der Waals surface area contributed by atoms with Gasteiger partial charge in [0.25, 0.3) is 0 Å². The fourth-order valence-corrected chi connectivity index (χ4v) is 3.29. The summed E-state index contributed by atoms with van der Waals surface area (Å²) in [4.78, 5) is 2.01. The van der Waals surface area contributed by atoms with E-state index >= 15 is 0 Å². The molecule has 3 unspecified atom stereocenters. The molecule has 0 heterocycles. The van der Waals surface area contributed by atoms with E-state index in [1.807, 2.05) is 35.2 Å². The highest BCUT2D eigenvalue weighted by Gasteiger charge is 2.43. The minimum atomic E-state index is -4.11. The first kappa shape index (κ1) is 17.3. The lowest BCUT2D eigenvalue weighted by Crippen LogP contribution is -2.44. The molecule has 22 heavy (non-hydrogen) atoms. The van der Waals surface area contributed by atoms with Crippen molar-refractivity contribution in [2.75, 3.05) is 6.54 Å². The monoisotopic (exact) mass is 315 g/mol. The van der Waals surface area contributed by atoms with E-state index in [1.54, 1.807) is 6.92 Å². The van der Waals surface area contributed by atoms with Crippen molar-refractivity contribution < 1.29 is 18.3 Å². The van der Waals surface area contributed by atoms with Crippen molar-refractivity contribution in [3.63, 3.8) is 0 Å². The van der Waals surface area contributed by atoms with Crippen molar-refractivity contribution in [3.05, 3.63) is 35.9 Å². The zero-order valence-electron chi connectivity index (χ0n) is 12.9. The van der Waals surface area contributed by atoms with Crippen molar-refractivity contribution in [2.24, 2.45) is 5.92 Å². The Hall–Kier alpha value is -1.07. The number of alkyl halides is 3. The van der Waals surface area contributed by atoms with Gasteiger partial charge in [-0.05, 0) is 31.7 Å². The van der Waals surface area contributed by atoms with Crippen LogP contribution in [0.4, 0.5) is 13.2 Å². The first-order valence-corrected chi connectivity index (χ1v) is 7.89. The van der Waals surface area contributed by atoms with Gasteiger partial charge in [-0.2, -0.15) is 13.2 Å². The number of aliphatic hydroxyl groups is 1. The fourth-order valence-electron chi connectivity index (χ4n) is 3.29. The summed E-state index contributed by atoms with van der Waals surface area (Å²) in [6.45, 7) is 2.67. The number of benzene rings is 1. The zero-order valence-corrected chi connectivity index (χ0v) is 12.9. The summed E-state index contributed by atoms with van der Waals surface area (Å²) in [6.07, 6.45) is -2.92. The minimum Gasteiger partial charge on any atom is -0.392 e. The zero-order chi connectivity index (χ0) is 16.2. The molecular weight excluding hydrogens is 291 g/mol. The molecule has 1 N–H and O–H groups in total. The Morgan fingerprint density at radius 3 is 2.50 bits per heavy atom. The average Bonchev–Trinajstić information content (AvgIpc) is 2.46. The third kappa shape index (κ3) is 4.99. The van der Waals surface area contributed by atoms with Gasteiger partial charge in [0.05, 0.1) is 12.0 Å². The second-order valence-electron chi connectivity index (χ2n) is 6.32. The molecule has 0 aliphatic heterocycles. The van der Waals surface area contributed by atoms with E-state index in [1.165, 1.54) is 0 Å². The van der Waals surface area contributed by atoms with Gasteiger partial charge in [0.1, 0.15) is 0 Å². The molecule has 0 spiro atoms. The highest BCUT2D eigenvalue weighted by atomic mass is 19.4. The molecule has 1 aliphatic rings. The van der Waals surface area contributed by atoms with E-state index < -0.39 is 18.2 Å². The van der Waals surface area contributed by atoms with Crippen molar-refractivity contribution in [2.45, 2.75) is 57.5 Å². The van der Waals surface area contributed by atoms with Gasteiger partial charge in [-0.1, -0.05) is 36.8 Å². The molecule has 0 amide bonds. The summed E-state index contributed by atoms with van der Waals surface area (Å²) in [7, 11) is 0. The van der Waals surface area contributed by atoms with Gasteiger partial charge < -0.3 is 5.11 Å². The molecule has 0 aromatic heterocycles. The molecule has 2 nitrogen and oxygen atoms in total. The van der Waals surface area contributed by atoms with E-state index in [9.17, 15) is 18.3 Å². The maximum atomic E-state index is 13.0. The molecule has 1 fully saturated rings. The molecule has 0 radical (unpaired) electrons. The van der Waals surface area contributed by atoms with E-state index in [0.29, 0.717) is 19.5 Å². The largest absolute Gasteiger partial charge is 0.392 e. The molecule has 1 aromatic rings. The van der Waals surface area contributed by atoms with Crippen LogP contribution in [0.1, 0.15) is 38.2 Å². The van der Waals surface area contributed by atoms with Crippen LogP contribution < -0.4 is 0 Å². The van der Waals surface area contributed by atoms with Gasteiger partial charge in [-0.15, -0.1) is 0 Å². The van der Waals surface area contributed by atoms with Gasteiger partial charge >= 0.3 is 6.18 Å². The van der Waals surface area contributed by atoms with Crippen LogP contribution in [0, 0.1) is 5.92 Å². The number of aliphatic hydroxyl groups excluding tert-OH is 1. The van der Waals surface area contributed by atoms with Crippen molar-refractivity contribution in [3.8, 4) is 0 Å². The molecule has 5 heteroatoms. The third-order valence-corrected chi connectivity index (χ3v) is 4.35. The quantitative estimate of drug-likeness (QED) is 0.888. The Balaban J connectivity index is 2.07. The molecular formula is C17H24F3NO. The predicted octanol–water partition coefficient (Wildman–Crippen LogP) is 3.99. The Kier molecular flexibility index (Phi) is 5.87. The van der Waals surface area contributed by atoms with Crippen LogP contribution in [0.2, 0.25) is 0 Å². The maximum Gasteiger partial charge on any atom is 0.391 e. The lowest BCUT2D eigenvalue weighted by molar-refractivity contribution is -0.187. The van der Waals surface area contributed by atoms with Crippen LogP contribution in [-0.4, -0.2) is 34.9 Å².